The van der Waals surface area contributed by atoms with Crippen molar-refractivity contribution in [1.82, 2.24) is 4.90 Å². The fourth-order valence-electron chi connectivity index (χ4n) is 0.821. The van der Waals surface area contributed by atoms with Crippen molar-refractivity contribution in [2.24, 2.45) is 0 Å². The Labute approximate surface area is 63.9 Å². The molecule has 1 heterocycles. The number of rotatable bonds is 2. The van der Waals surface area contributed by atoms with E-state index in [0.717, 1.165) is 4.90 Å². The lowest BCUT2D eigenvalue weighted by Gasteiger charge is -2.08. The molecule has 5 nitrogen and oxygen atoms in total. The van der Waals surface area contributed by atoms with Gasteiger partial charge >= 0.3 is 6.09 Å². The minimum absolute atomic E-state index is 0.0743. The van der Waals surface area contributed by atoms with Gasteiger partial charge in [0.15, 0.2) is 0 Å². The zero-order valence-corrected chi connectivity index (χ0v) is 6.20. The second-order valence-corrected chi connectivity index (χ2v) is 2.09. The Morgan fingerprint density at radius 1 is 1.82 bits per heavy atom. The predicted octanol–water partition coefficient (Wildman–Crippen LogP) is -0.388. The topological polar surface area (TPSA) is 55.8 Å². The molecule has 62 valence electrons. The Balaban J connectivity index is 2.46. The molecule has 2 amide bonds. The van der Waals surface area contributed by atoms with Gasteiger partial charge < -0.3 is 9.47 Å². The van der Waals surface area contributed by atoms with Gasteiger partial charge in [-0.3, -0.25) is 4.79 Å². The van der Waals surface area contributed by atoms with E-state index in [1.807, 2.05) is 0 Å². The van der Waals surface area contributed by atoms with Gasteiger partial charge in [-0.1, -0.05) is 0 Å². The Kier molecular flexibility index (Phi) is 2.43. The highest BCUT2D eigenvalue weighted by Gasteiger charge is 2.27. The van der Waals surface area contributed by atoms with E-state index in [1.165, 1.54) is 7.11 Å². The lowest BCUT2D eigenvalue weighted by molar-refractivity contribution is -0.131. The molecule has 0 N–H and O–H groups in total. The lowest BCUT2D eigenvalue weighted by Crippen LogP contribution is -2.34. The zero-order valence-electron chi connectivity index (χ0n) is 6.20. The fourth-order valence-corrected chi connectivity index (χ4v) is 0.821. The molecule has 0 bridgehead atoms. The summed E-state index contributed by atoms with van der Waals surface area (Å²) in [5.41, 5.74) is 0. The summed E-state index contributed by atoms with van der Waals surface area (Å²) in [5.74, 6) is -0.352. The maximum absolute atomic E-state index is 11.0. The standard InChI is InChI=1S/C6H9NO4/c1-10-4-5(8)7-2-3-11-6(7)9/h2-4H2,1H3. The molecule has 0 aromatic rings. The van der Waals surface area contributed by atoms with E-state index in [1.54, 1.807) is 0 Å². The van der Waals surface area contributed by atoms with Gasteiger partial charge in [0.1, 0.15) is 13.2 Å². The quantitative estimate of drug-likeness (QED) is 0.550. The summed E-state index contributed by atoms with van der Waals surface area (Å²) in [5, 5.41) is 0. The summed E-state index contributed by atoms with van der Waals surface area (Å²) >= 11 is 0. The molecular weight excluding hydrogens is 150 g/mol. The first-order chi connectivity index (χ1) is 5.25. The molecule has 0 spiro atoms. The van der Waals surface area contributed by atoms with Gasteiger partial charge in [-0.25, -0.2) is 9.69 Å². The van der Waals surface area contributed by atoms with Crippen molar-refractivity contribution in [2.75, 3.05) is 26.9 Å². The van der Waals surface area contributed by atoms with Gasteiger partial charge in [0.2, 0.25) is 0 Å². The minimum atomic E-state index is -0.577. The van der Waals surface area contributed by atoms with Crippen LogP contribution in [0.4, 0.5) is 4.79 Å². The number of amides is 2. The minimum Gasteiger partial charge on any atom is -0.447 e. The van der Waals surface area contributed by atoms with E-state index < -0.39 is 6.09 Å². The van der Waals surface area contributed by atoms with E-state index in [2.05, 4.69) is 9.47 Å². The van der Waals surface area contributed by atoms with Crippen LogP contribution in [0.1, 0.15) is 0 Å². The molecule has 0 radical (unpaired) electrons. The highest BCUT2D eigenvalue weighted by Crippen LogP contribution is 2.02. The first-order valence-electron chi connectivity index (χ1n) is 3.21. The number of cyclic esters (lactones) is 1. The smallest absolute Gasteiger partial charge is 0.416 e. The van der Waals surface area contributed by atoms with Crippen molar-refractivity contribution >= 4 is 12.0 Å². The molecule has 5 heteroatoms. The average Bonchev–Trinajstić information content (AvgIpc) is 2.36. The molecule has 0 atom stereocenters. The van der Waals surface area contributed by atoms with Crippen LogP contribution in [-0.4, -0.2) is 43.8 Å². The molecule has 1 aliphatic heterocycles. The average molecular weight is 159 g/mol. The Hall–Kier alpha value is -1.10. The van der Waals surface area contributed by atoms with Gasteiger partial charge in [-0.2, -0.15) is 0 Å². The molecular formula is C6H9NO4. The highest BCUT2D eigenvalue weighted by atomic mass is 16.6. The van der Waals surface area contributed by atoms with Crippen LogP contribution in [0.2, 0.25) is 0 Å². The molecule has 11 heavy (non-hydrogen) atoms. The van der Waals surface area contributed by atoms with Crippen LogP contribution in [0, 0.1) is 0 Å². The van der Waals surface area contributed by atoms with Crippen molar-refractivity contribution in [3.63, 3.8) is 0 Å². The van der Waals surface area contributed by atoms with Crippen LogP contribution in [-0.2, 0) is 14.3 Å². The summed E-state index contributed by atoms with van der Waals surface area (Å²) in [6.07, 6.45) is -0.577. The zero-order chi connectivity index (χ0) is 8.27. The summed E-state index contributed by atoms with van der Waals surface area (Å²) in [6.45, 7) is 0.546. The van der Waals surface area contributed by atoms with Gasteiger partial charge in [0.25, 0.3) is 5.91 Å². The number of methoxy groups -OCH3 is 1. The van der Waals surface area contributed by atoms with Gasteiger partial charge in [0.05, 0.1) is 6.54 Å². The normalized spacial score (nSPS) is 16.8. The molecule has 1 rings (SSSR count). The van der Waals surface area contributed by atoms with Gasteiger partial charge in [0, 0.05) is 7.11 Å². The lowest BCUT2D eigenvalue weighted by atomic mass is 10.5. The van der Waals surface area contributed by atoms with Crippen molar-refractivity contribution in [3.05, 3.63) is 0 Å². The summed E-state index contributed by atoms with van der Waals surface area (Å²) < 4.78 is 9.11. The number of carbonyl (C=O) groups excluding carboxylic acids is 2. The van der Waals surface area contributed by atoms with Crippen LogP contribution in [0.15, 0.2) is 0 Å². The Morgan fingerprint density at radius 2 is 2.55 bits per heavy atom. The van der Waals surface area contributed by atoms with Gasteiger partial charge in [-0.05, 0) is 0 Å². The maximum atomic E-state index is 11.0. The number of nitrogens with zero attached hydrogens (tertiary/aromatic N) is 1. The first kappa shape index (κ1) is 8.00. The first-order valence-corrected chi connectivity index (χ1v) is 3.21. The van der Waals surface area contributed by atoms with E-state index in [9.17, 15) is 9.59 Å². The van der Waals surface area contributed by atoms with Crippen LogP contribution >= 0.6 is 0 Å². The molecule has 1 aliphatic rings. The maximum Gasteiger partial charge on any atom is 0.416 e. The van der Waals surface area contributed by atoms with Crippen molar-refractivity contribution in [3.8, 4) is 0 Å². The summed E-state index contributed by atoms with van der Waals surface area (Å²) in [4.78, 5) is 22.7. The van der Waals surface area contributed by atoms with E-state index in [0.29, 0.717) is 6.54 Å². The predicted molar refractivity (Wildman–Crippen MR) is 34.9 cm³/mol. The van der Waals surface area contributed by atoms with E-state index >= 15 is 0 Å². The van der Waals surface area contributed by atoms with Crippen LogP contribution in [0.5, 0.6) is 0 Å². The summed E-state index contributed by atoms with van der Waals surface area (Å²) in [7, 11) is 1.40. The Bertz CT molecular complexity index is 179. The number of imide groups is 1. The third kappa shape index (κ3) is 1.68. The third-order valence-electron chi connectivity index (χ3n) is 1.33. The molecule has 1 saturated heterocycles. The number of hydrogen-bond acceptors (Lipinski definition) is 4. The molecule has 0 aliphatic carbocycles. The van der Waals surface area contributed by atoms with Crippen LogP contribution in [0.3, 0.4) is 0 Å². The summed E-state index contributed by atoms with van der Waals surface area (Å²) in [6, 6.07) is 0. The highest BCUT2D eigenvalue weighted by molar-refractivity contribution is 5.93. The molecule has 0 aromatic carbocycles. The molecule has 0 aromatic heterocycles. The van der Waals surface area contributed by atoms with Gasteiger partial charge in [-0.15, -0.1) is 0 Å². The third-order valence-corrected chi connectivity index (χ3v) is 1.33. The monoisotopic (exact) mass is 159 g/mol. The second kappa shape index (κ2) is 3.34. The molecule has 0 unspecified atom stereocenters. The largest absolute Gasteiger partial charge is 0.447 e. The van der Waals surface area contributed by atoms with Crippen molar-refractivity contribution in [2.45, 2.75) is 0 Å². The van der Waals surface area contributed by atoms with Crippen LogP contribution < -0.4 is 0 Å². The second-order valence-electron chi connectivity index (χ2n) is 2.09. The van der Waals surface area contributed by atoms with Crippen molar-refractivity contribution in [1.29, 1.82) is 0 Å². The number of ether oxygens (including phenoxy) is 2. The van der Waals surface area contributed by atoms with E-state index in [-0.39, 0.29) is 19.1 Å². The number of carbonyl (C=O) groups is 2. The van der Waals surface area contributed by atoms with Crippen LogP contribution in [0.25, 0.3) is 0 Å². The number of hydrogen-bond donors (Lipinski definition) is 0. The fraction of sp³-hybridized carbons (Fsp3) is 0.667. The SMILES string of the molecule is COCC(=O)N1CCOC1=O. The molecule has 0 saturated carbocycles. The van der Waals surface area contributed by atoms with E-state index in [4.69, 9.17) is 0 Å². The van der Waals surface area contributed by atoms with Crippen molar-refractivity contribution < 1.29 is 19.1 Å². The molecule has 1 fully saturated rings. The Morgan fingerprint density at radius 3 is 3.00 bits per heavy atom.